The minimum atomic E-state index is -6.09. The molecular formula is C9H15F3O4S2. The molecule has 0 aromatic heterocycles. The highest BCUT2D eigenvalue weighted by molar-refractivity contribution is 7.97. The summed E-state index contributed by atoms with van der Waals surface area (Å²) in [7, 11) is -5.60. The first kappa shape index (κ1) is 17.7. The normalized spacial score (nSPS) is 17.2. The molecule has 1 aliphatic rings. The minimum absolute atomic E-state index is 0.463. The van der Waals surface area contributed by atoms with Gasteiger partial charge in [0.2, 0.25) is 0 Å². The molecule has 1 heterocycles. The van der Waals surface area contributed by atoms with Crippen molar-refractivity contribution in [2.45, 2.75) is 31.7 Å². The molecule has 0 bridgehead atoms. The zero-order valence-corrected chi connectivity index (χ0v) is 11.5. The van der Waals surface area contributed by atoms with Gasteiger partial charge in [-0.05, 0) is 23.7 Å². The SMILES string of the molecule is CCC(=O)C[S+]1CCCC1.O=S(=O)([O-])C(F)(F)F. The van der Waals surface area contributed by atoms with Crippen LogP contribution in [-0.4, -0.2) is 41.5 Å². The highest BCUT2D eigenvalue weighted by Crippen LogP contribution is 2.20. The summed E-state index contributed by atoms with van der Waals surface area (Å²) in [4.78, 5) is 11.0. The van der Waals surface area contributed by atoms with Gasteiger partial charge in [-0.25, -0.2) is 8.42 Å². The number of carbonyl (C=O) groups excluding carboxylic acids is 1. The monoisotopic (exact) mass is 308 g/mol. The quantitative estimate of drug-likeness (QED) is 0.449. The minimum Gasteiger partial charge on any atom is -0.741 e. The van der Waals surface area contributed by atoms with Gasteiger partial charge >= 0.3 is 5.51 Å². The summed E-state index contributed by atoms with van der Waals surface area (Å²) in [6.07, 6.45) is 3.46. The zero-order chi connectivity index (χ0) is 14.4. The summed E-state index contributed by atoms with van der Waals surface area (Å²) >= 11 is 0. The molecule has 0 unspecified atom stereocenters. The Morgan fingerprint density at radius 2 is 1.67 bits per heavy atom. The zero-order valence-electron chi connectivity index (χ0n) is 9.83. The Hall–Kier alpha value is -0.280. The van der Waals surface area contributed by atoms with E-state index >= 15 is 0 Å². The van der Waals surface area contributed by atoms with Crippen molar-refractivity contribution >= 4 is 26.8 Å². The molecule has 0 aromatic rings. The maximum Gasteiger partial charge on any atom is 0.485 e. The average Bonchev–Trinajstić information content (AvgIpc) is 2.68. The van der Waals surface area contributed by atoms with E-state index in [1.165, 1.54) is 24.3 Å². The molecule has 1 fully saturated rings. The largest absolute Gasteiger partial charge is 0.741 e. The van der Waals surface area contributed by atoms with Crippen LogP contribution in [-0.2, 0) is 25.8 Å². The molecule has 0 aliphatic carbocycles. The predicted octanol–water partition coefficient (Wildman–Crippen LogP) is 1.43. The van der Waals surface area contributed by atoms with Crippen LogP contribution in [0.5, 0.6) is 0 Å². The molecule has 9 heteroatoms. The van der Waals surface area contributed by atoms with Crippen molar-refractivity contribution in [2.24, 2.45) is 0 Å². The molecule has 1 aliphatic heterocycles. The van der Waals surface area contributed by atoms with Crippen molar-refractivity contribution in [3.63, 3.8) is 0 Å². The lowest BCUT2D eigenvalue weighted by atomic mass is 10.4. The van der Waals surface area contributed by atoms with Gasteiger partial charge in [0, 0.05) is 6.42 Å². The van der Waals surface area contributed by atoms with Crippen LogP contribution in [0.4, 0.5) is 13.2 Å². The Morgan fingerprint density at radius 3 is 1.94 bits per heavy atom. The highest BCUT2D eigenvalue weighted by atomic mass is 32.2. The van der Waals surface area contributed by atoms with Crippen molar-refractivity contribution in [2.75, 3.05) is 17.3 Å². The number of halogens is 3. The van der Waals surface area contributed by atoms with E-state index in [1.54, 1.807) is 0 Å². The second-order valence-corrected chi connectivity index (χ2v) is 7.37. The number of hydrogen-bond acceptors (Lipinski definition) is 4. The summed E-state index contributed by atoms with van der Waals surface area (Å²) in [6.45, 7) is 1.96. The van der Waals surface area contributed by atoms with Crippen LogP contribution < -0.4 is 0 Å². The highest BCUT2D eigenvalue weighted by Gasteiger charge is 2.36. The Labute approximate surface area is 107 Å². The number of hydrogen-bond donors (Lipinski definition) is 0. The number of alkyl halides is 3. The van der Waals surface area contributed by atoms with Gasteiger partial charge in [-0.1, -0.05) is 6.92 Å². The fourth-order valence-corrected chi connectivity index (χ4v) is 3.57. The summed E-state index contributed by atoms with van der Waals surface area (Å²) in [5, 5.41) is 0. The van der Waals surface area contributed by atoms with Crippen LogP contribution >= 0.6 is 0 Å². The van der Waals surface area contributed by atoms with Crippen molar-refractivity contribution in [3.05, 3.63) is 0 Å². The topological polar surface area (TPSA) is 74.3 Å². The van der Waals surface area contributed by atoms with Gasteiger partial charge in [0.05, 0.1) is 0 Å². The summed E-state index contributed by atoms with van der Waals surface area (Å²) < 4.78 is 58.9. The first-order valence-electron chi connectivity index (χ1n) is 5.26. The van der Waals surface area contributed by atoms with Crippen LogP contribution in [0.15, 0.2) is 0 Å². The van der Waals surface area contributed by atoms with Gasteiger partial charge in [-0.15, -0.1) is 0 Å². The van der Waals surface area contributed by atoms with Crippen LogP contribution in [0, 0.1) is 0 Å². The molecule has 0 amide bonds. The number of rotatable bonds is 3. The van der Waals surface area contributed by atoms with E-state index in [2.05, 4.69) is 0 Å². The molecule has 0 saturated carbocycles. The van der Waals surface area contributed by atoms with Gasteiger partial charge in [-0.3, -0.25) is 4.79 Å². The lowest BCUT2D eigenvalue weighted by Gasteiger charge is -2.08. The average molecular weight is 308 g/mol. The van der Waals surface area contributed by atoms with Crippen molar-refractivity contribution in [1.82, 2.24) is 0 Å². The maximum absolute atomic E-state index is 11.0. The van der Waals surface area contributed by atoms with Crippen molar-refractivity contribution in [3.8, 4) is 0 Å². The van der Waals surface area contributed by atoms with Crippen molar-refractivity contribution in [1.29, 1.82) is 0 Å². The standard InChI is InChI=1S/C8H15OS.CHF3O3S/c1-2-8(9)7-10-5-3-4-6-10;2-1(3,4)8(5,6)7/h2-7H2,1H3;(H,5,6,7)/q+1;/p-1. The van der Waals surface area contributed by atoms with E-state index in [1.807, 2.05) is 6.92 Å². The second-order valence-electron chi connectivity index (χ2n) is 3.66. The Kier molecular flexibility index (Phi) is 7.23. The number of Topliss-reactive ketones (excluding diaryl/α,β-unsaturated/α-hetero) is 1. The van der Waals surface area contributed by atoms with Crippen LogP contribution in [0.1, 0.15) is 26.2 Å². The van der Waals surface area contributed by atoms with Crippen LogP contribution in [0.2, 0.25) is 0 Å². The van der Waals surface area contributed by atoms with E-state index in [4.69, 9.17) is 13.0 Å². The molecular weight excluding hydrogens is 293 g/mol. The molecule has 0 N–H and O–H groups in total. The molecule has 0 spiro atoms. The van der Waals surface area contributed by atoms with E-state index in [9.17, 15) is 18.0 Å². The lowest BCUT2D eigenvalue weighted by Crippen LogP contribution is -2.21. The molecule has 18 heavy (non-hydrogen) atoms. The predicted molar refractivity (Wildman–Crippen MR) is 62.3 cm³/mol. The van der Waals surface area contributed by atoms with Crippen molar-refractivity contribution < 1.29 is 30.9 Å². The molecule has 1 rings (SSSR count). The molecule has 0 aromatic carbocycles. The molecule has 108 valence electrons. The van der Waals surface area contributed by atoms with Crippen LogP contribution in [0.3, 0.4) is 0 Å². The summed E-state index contributed by atoms with van der Waals surface area (Å²) in [6, 6.07) is 0. The Bertz CT molecular complexity index is 358. The maximum atomic E-state index is 11.0. The fraction of sp³-hybridized carbons (Fsp3) is 0.889. The third-order valence-corrected chi connectivity index (χ3v) is 5.19. The van der Waals surface area contributed by atoms with E-state index < -0.39 is 15.6 Å². The summed E-state index contributed by atoms with van der Waals surface area (Å²) in [5.74, 6) is 4.00. The first-order chi connectivity index (χ1) is 8.08. The molecule has 0 atom stereocenters. The second kappa shape index (κ2) is 7.34. The van der Waals surface area contributed by atoms with Gasteiger partial charge in [0.15, 0.2) is 21.7 Å². The van der Waals surface area contributed by atoms with Gasteiger partial charge < -0.3 is 4.55 Å². The first-order valence-corrected chi connectivity index (χ1v) is 8.40. The van der Waals surface area contributed by atoms with Gasteiger partial charge in [0.25, 0.3) is 0 Å². The fourth-order valence-electron chi connectivity index (χ4n) is 1.19. The lowest BCUT2D eigenvalue weighted by molar-refractivity contribution is -0.116. The Morgan fingerprint density at radius 1 is 1.28 bits per heavy atom. The molecule has 0 radical (unpaired) electrons. The van der Waals surface area contributed by atoms with E-state index in [-0.39, 0.29) is 0 Å². The van der Waals surface area contributed by atoms with Gasteiger partial charge in [0.1, 0.15) is 11.5 Å². The number of ketones is 1. The summed E-state index contributed by atoms with van der Waals surface area (Å²) in [5.41, 5.74) is -5.65. The Balaban J connectivity index is 0.000000331. The number of carbonyl (C=O) groups is 1. The van der Waals surface area contributed by atoms with Crippen LogP contribution in [0.25, 0.3) is 0 Å². The van der Waals surface area contributed by atoms with E-state index in [0.29, 0.717) is 16.7 Å². The molecule has 1 saturated heterocycles. The third-order valence-electron chi connectivity index (χ3n) is 2.16. The smallest absolute Gasteiger partial charge is 0.485 e. The van der Waals surface area contributed by atoms with E-state index in [0.717, 1.165) is 12.2 Å². The molecule has 4 nitrogen and oxygen atoms in total. The third kappa shape index (κ3) is 7.22. The van der Waals surface area contributed by atoms with Gasteiger partial charge in [-0.2, -0.15) is 13.2 Å².